The number of rotatable bonds is 1. The van der Waals surface area contributed by atoms with Gasteiger partial charge < -0.3 is 9.90 Å². The van der Waals surface area contributed by atoms with Crippen LogP contribution >= 0.6 is 11.6 Å². The summed E-state index contributed by atoms with van der Waals surface area (Å²) in [6.45, 7) is 2.73. The van der Waals surface area contributed by atoms with Gasteiger partial charge in [-0.15, -0.1) is 11.6 Å². The van der Waals surface area contributed by atoms with Gasteiger partial charge in [0.25, 0.3) is 0 Å². The third kappa shape index (κ3) is 4.91. The van der Waals surface area contributed by atoms with E-state index in [2.05, 4.69) is 0 Å². The molecule has 0 radical (unpaired) electrons. The van der Waals surface area contributed by atoms with E-state index < -0.39 is 10.8 Å². The van der Waals surface area contributed by atoms with E-state index in [-0.39, 0.29) is 29.6 Å². The quantitative estimate of drug-likeness (QED) is 0.287. The molecule has 0 atom stereocenters. The molecule has 2 nitrogen and oxygen atoms in total. The van der Waals surface area contributed by atoms with Crippen LogP contribution in [0.4, 0.5) is 0 Å². The summed E-state index contributed by atoms with van der Waals surface area (Å²) < 4.78 is 0. The number of halogens is 1. The normalized spacial score (nSPS) is 9.88. The fraction of sp³-hybridized carbons (Fsp3) is 0.750. The van der Waals surface area contributed by atoms with Gasteiger partial charge in [-0.05, 0) is 13.8 Å². The Kier molecular flexibility index (Phi) is 5.37. The third-order valence-corrected chi connectivity index (χ3v) is 0.640. The first-order valence-corrected chi connectivity index (χ1v) is 2.23. The molecule has 0 bridgehead atoms. The molecule has 0 aliphatic rings. The van der Waals surface area contributed by atoms with Gasteiger partial charge in [0.1, 0.15) is 0 Å². The molecule has 0 fully saturated rings. The van der Waals surface area contributed by atoms with Gasteiger partial charge in [0, 0.05) is 0 Å². The second-order valence-electron chi connectivity index (χ2n) is 1.76. The van der Waals surface area contributed by atoms with Gasteiger partial charge in [0.05, 0.1) is 10.8 Å². The molecule has 0 N–H and O–H groups in total. The van der Waals surface area contributed by atoms with E-state index in [0.29, 0.717) is 0 Å². The zero-order valence-electron chi connectivity index (χ0n) is 5.19. The second-order valence-corrected chi connectivity index (χ2v) is 2.70. The first kappa shape index (κ1) is 11.5. The summed E-state index contributed by atoms with van der Waals surface area (Å²) in [6, 6.07) is 0. The van der Waals surface area contributed by atoms with Gasteiger partial charge >= 0.3 is 29.6 Å². The fourth-order valence-corrected chi connectivity index (χ4v) is 0. The Balaban J connectivity index is 0. The first-order valence-electron chi connectivity index (χ1n) is 1.85. The molecule has 0 unspecified atom stereocenters. The Hall–Kier alpha value is 0.760. The fourth-order valence-electron chi connectivity index (χ4n) is 0. The van der Waals surface area contributed by atoms with Gasteiger partial charge in [-0.2, -0.15) is 0 Å². The molecule has 0 amide bonds. The number of carboxylic acids is 1. The van der Waals surface area contributed by atoms with Crippen LogP contribution in [0, 0.1) is 0 Å². The predicted octanol–water partition coefficient (Wildman–Crippen LogP) is -3.24. The number of carbonyl (C=O) groups is 1. The minimum atomic E-state index is -1.24. The molecule has 0 saturated heterocycles. The average Bonchev–Trinajstić information content (AvgIpc) is 1.31. The van der Waals surface area contributed by atoms with Gasteiger partial charge in [-0.1, -0.05) is 0 Å². The molecule has 0 saturated carbocycles. The summed E-state index contributed by atoms with van der Waals surface area (Å²) in [7, 11) is 0. The molecule has 4 heteroatoms. The van der Waals surface area contributed by atoms with Crippen LogP contribution in [0.1, 0.15) is 13.8 Å². The summed E-state index contributed by atoms with van der Waals surface area (Å²) in [5.74, 6) is -1.24. The van der Waals surface area contributed by atoms with Crippen molar-refractivity contribution in [2.24, 2.45) is 0 Å². The molecule has 0 rings (SSSR count). The monoisotopic (exact) mass is 144 g/mol. The maximum Gasteiger partial charge on any atom is 1.00 e. The second kappa shape index (κ2) is 3.72. The number of alkyl halides is 1. The van der Waals surface area contributed by atoms with Crippen molar-refractivity contribution in [3.05, 3.63) is 0 Å². The Bertz CT molecular complexity index is 86.5. The minimum Gasteiger partial charge on any atom is -0.548 e. The first-order chi connectivity index (χ1) is 2.94. The van der Waals surface area contributed by atoms with Crippen LogP contribution in [-0.2, 0) is 4.79 Å². The molecule has 8 heavy (non-hydrogen) atoms. The van der Waals surface area contributed by atoms with Crippen LogP contribution in [0.3, 0.4) is 0 Å². The van der Waals surface area contributed by atoms with Crippen molar-refractivity contribution in [2.75, 3.05) is 0 Å². The van der Waals surface area contributed by atoms with E-state index in [0.717, 1.165) is 0 Å². The number of hydrogen-bond donors (Lipinski definition) is 0. The molecule has 0 aromatic rings. The summed E-state index contributed by atoms with van der Waals surface area (Å²) in [6.07, 6.45) is 0. The van der Waals surface area contributed by atoms with Crippen LogP contribution < -0.4 is 34.7 Å². The number of carboxylic acid groups (broad SMARTS) is 1. The Labute approximate surface area is 75.5 Å². The topological polar surface area (TPSA) is 40.1 Å². The van der Waals surface area contributed by atoms with Crippen LogP contribution in [0.15, 0.2) is 0 Å². The number of carbonyl (C=O) groups excluding carboxylic acids is 1. The Morgan fingerprint density at radius 3 is 1.75 bits per heavy atom. The van der Waals surface area contributed by atoms with Crippen LogP contribution in [0.2, 0.25) is 0 Å². The molecule has 0 aliphatic carbocycles. The Morgan fingerprint density at radius 2 is 1.75 bits per heavy atom. The number of aliphatic carboxylic acids is 1. The van der Waals surface area contributed by atoms with E-state index in [1.54, 1.807) is 0 Å². The van der Waals surface area contributed by atoms with E-state index in [1.807, 2.05) is 0 Å². The summed E-state index contributed by atoms with van der Waals surface area (Å²) in [5.41, 5.74) is 0. The molecular weight excluding hydrogens is 138 g/mol. The standard InChI is InChI=1S/C4H7ClO2.Na/c1-4(2,5)3(6)7;/h1-2H3,(H,6,7);/q;+1/p-1. The number of hydrogen-bond acceptors (Lipinski definition) is 2. The molecule has 0 aromatic heterocycles. The maximum atomic E-state index is 9.78. The van der Waals surface area contributed by atoms with Crippen LogP contribution in [0.25, 0.3) is 0 Å². The predicted molar refractivity (Wildman–Crippen MR) is 24.9 cm³/mol. The van der Waals surface area contributed by atoms with E-state index in [4.69, 9.17) is 11.6 Å². The minimum absolute atomic E-state index is 0. The van der Waals surface area contributed by atoms with Crippen molar-refractivity contribution in [2.45, 2.75) is 18.7 Å². The van der Waals surface area contributed by atoms with Gasteiger partial charge in [-0.25, -0.2) is 0 Å². The molecule has 0 heterocycles. The van der Waals surface area contributed by atoms with Crippen molar-refractivity contribution < 1.29 is 39.5 Å². The van der Waals surface area contributed by atoms with Crippen molar-refractivity contribution in [3.8, 4) is 0 Å². The average molecular weight is 145 g/mol. The SMILES string of the molecule is CC(C)(Cl)C(=O)[O-].[Na+]. The van der Waals surface area contributed by atoms with E-state index in [9.17, 15) is 9.90 Å². The van der Waals surface area contributed by atoms with Crippen molar-refractivity contribution in [1.82, 2.24) is 0 Å². The zero-order valence-corrected chi connectivity index (χ0v) is 7.95. The van der Waals surface area contributed by atoms with Gasteiger partial charge in [-0.3, -0.25) is 0 Å². The summed E-state index contributed by atoms with van der Waals surface area (Å²) >= 11 is 5.21. The molecule has 42 valence electrons. The van der Waals surface area contributed by atoms with Crippen molar-refractivity contribution >= 4 is 17.6 Å². The summed E-state index contributed by atoms with van der Waals surface area (Å²) in [4.78, 5) is 8.56. The van der Waals surface area contributed by atoms with Crippen molar-refractivity contribution in [1.29, 1.82) is 0 Å². The maximum absolute atomic E-state index is 9.78. The zero-order chi connectivity index (χ0) is 6.08. The van der Waals surface area contributed by atoms with E-state index >= 15 is 0 Å². The molecule has 0 aliphatic heterocycles. The van der Waals surface area contributed by atoms with Crippen LogP contribution in [0.5, 0.6) is 0 Å². The van der Waals surface area contributed by atoms with E-state index in [1.165, 1.54) is 13.8 Å². The Morgan fingerprint density at radius 1 is 1.62 bits per heavy atom. The molecular formula is C4H6ClNaO2. The van der Waals surface area contributed by atoms with Gasteiger partial charge in [0.15, 0.2) is 0 Å². The summed E-state index contributed by atoms with van der Waals surface area (Å²) in [5, 5.41) is 9.78. The largest absolute Gasteiger partial charge is 1.00 e. The third-order valence-electron chi connectivity index (χ3n) is 0.485. The van der Waals surface area contributed by atoms with Gasteiger partial charge in [0.2, 0.25) is 0 Å². The van der Waals surface area contributed by atoms with Crippen molar-refractivity contribution in [3.63, 3.8) is 0 Å². The molecule has 0 aromatic carbocycles. The molecule has 0 spiro atoms. The smallest absolute Gasteiger partial charge is 0.548 e. The van der Waals surface area contributed by atoms with Crippen LogP contribution in [-0.4, -0.2) is 10.8 Å².